The molecule has 0 aliphatic heterocycles. The first-order valence-electron chi connectivity index (χ1n) is 6.00. The Kier molecular flexibility index (Phi) is 3.15. The molecule has 2 N–H and O–H groups in total. The van der Waals surface area contributed by atoms with E-state index in [1.807, 2.05) is 31.6 Å². The van der Waals surface area contributed by atoms with E-state index in [2.05, 4.69) is 27.6 Å². The summed E-state index contributed by atoms with van der Waals surface area (Å²) in [5, 5.41) is 7.23. The maximum Gasteiger partial charge on any atom is 0.127 e. The van der Waals surface area contributed by atoms with Gasteiger partial charge in [-0.25, -0.2) is 4.98 Å². The third-order valence-electron chi connectivity index (χ3n) is 2.94. The van der Waals surface area contributed by atoms with Crippen LogP contribution in [-0.2, 0) is 13.6 Å². The zero-order valence-corrected chi connectivity index (χ0v) is 11.4. The van der Waals surface area contributed by atoms with Crippen molar-refractivity contribution in [2.75, 3.05) is 0 Å². The van der Waals surface area contributed by atoms with Gasteiger partial charge in [-0.15, -0.1) is 11.3 Å². The Hall–Kier alpha value is -1.98. The summed E-state index contributed by atoms with van der Waals surface area (Å²) in [6.07, 6.45) is 3.81. The first kappa shape index (κ1) is 12.1. The molecule has 0 saturated carbocycles. The number of nitrogens with two attached hydrogens (primary N) is 1. The summed E-state index contributed by atoms with van der Waals surface area (Å²) in [6, 6.07) is 8.20. The third-order valence-corrected chi connectivity index (χ3v) is 3.83. The molecule has 0 amide bonds. The number of benzene rings is 1. The minimum atomic E-state index is 0.568. The van der Waals surface area contributed by atoms with Gasteiger partial charge in [0.2, 0.25) is 0 Å². The maximum absolute atomic E-state index is 5.60. The van der Waals surface area contributed by atoms with Crippen LogP contribution < -0.4 is 5.73 Å². The van der Waals surface area contributed by atoms with Crippen molar-refractivity contribution >= 4 is 11.3 Å². The number of hydrogen-bond acceptors (Lipinski definition) is 4. The monoisotopic (exact) mass is 270 g/mol. The second-order valence-corrected chi connectivity index (χ2v) is 5.20. The Morgan fingerprint density at radius 1 is 1.21 bits per heavy atom. The second kappa shape index (κ2) is 4.95. The number of rotatable bonds is 3. The summed E-state index contributed by atoms with van der Waals surface area (Å²) in [6.45, 7) is 0.568. The molecular formula is C14H14N4S. The van der Waals surface area contributed by atoms with Crippen molar-refractivity contribution < 1.29 is 0 Å². The lowest BCUT2D eigenvalue weighted by molar-refractivity contribution is 0.768. The predicted octanol–water partition coefficient (Wildman–Crippen LogP) is 2.67. The SMILES string of the molecule is Cn1cc(-c2nc(-c3ccc(CN)cc3)cs2)cn1. The van der Waals surface area contributed by atoms with Crippen LogP contribution in [0.1, 0.15) is 5.56 Å². The van der Waals surface area contributed by atoms with E-state index in [0.29, 0.717) is 6.54 Å². The molecule has 0 saturated heterocycles. The topological polar surface area (TPSA) is 56.7 Å². The van der Waals surface area contributed by atoms with Gasteiger partial charge in [0, 0.05) is 36.3 Å². The number of nitrogens with zero attached hydrogens (tertiary/aromatic N) is 3. The molecule has 2 aromatic heterocycles. The molecule has 0 radical (unpaired) electrons. The lowest BCUT2D eigenvalue weighted by Crippen LogP contribution is -1.95. The van der Waals surface area contributed by atoms with Crippen LogP contribution in [-0.4, -0.2) is 14.8 Å². The van der Waals surface area contributed by atoms with Crippen LogP contribution in [0.15, 0.2) is 42.0 Å². The van der Waals surface area contributed by atoms with E-state index in [0.717, 1.165) is 27.4 Å². The average molecular weight is 270 g/mol. The van der Waals surface area contributed by atoms with Gasteiger partial charge < -0.3 is 5.73 Å². The molecule has 0 aliphatic rings. The van der Waals surface area contributed by atoms with Gasteiger partial charge in [0.25, 0.3) is 0 Å². The summed E-state index contributed by atoms with van der Waals surface area (Å²) in [5.41, 5.74) is 9.89. The molecule has 0 fully saturated rings. The van der Waals surface area contributed by atoms with Gasteiger partial charge in [0.1, 0.15) is 5.01 Å². The molecular weight excluding hydrogens is 256 g/mol. The van der Waals surface area contributed by atoms with Gasteiger partial charge in [0.15, 0.2) is 0 Å². The Balaban J connectivity index is 1.91. The molecule has 96 valence electrons. The molecule has 0 atom stereocenters. The zero-order chi connectivity index (χ0) is 13.2. The quantitative estimate of drug-likeness (QED) is 0.796. The number of thiazole rings is 1. The molecule has 0 unspecified atom stereocenters. The van der Waals surface area contributed by atoms with E-state index in [1.165, 1.54) is 0 Å². The highest BCUT2D eigenvalue weighted by atomic mass is 32.1. The summed E-state index contributed by atoms with van der Waals surface area (Å²) in [4.78, 5) is 4.65. The minimum absolute atomic E-state index is 0.568. The Morgan fingerprint density at radius 2 is 2.00 bits per heavy atom. The fraction of sp³-hybridized carbons (Fsp3) is 0.143. The lowest BCUT2D eigenvalue weighted by Gasteiger charge is -1.99. The van der Waals surface area contributed by atoms with Gasteiger partial charge in [-0.3, -0.25) is 4.68 Å². The van der Waals surface area contributed by atoms with Crippen molar-refractivity contribution in [1.29, 1.82) is 0 Å². The summed E-state index contributed by atoms with van der Waals surface area (Å²) >= 11 is 1.63. The number of aromatic nitrogens is 3. The standard InChI is InChI=1S/C14H14N4S/c1-18-8-12(7-16-18)14-17-13(9-19-14)11-4-2-10(6-15)3-5-11/h2-5,7-9H,6,15H2,1H3. The first-order chi connectivity index (χ1) is 9.26. The van der Waals surface area contributed by atoms with Crippen LogP contribution >= 0.6 is 11.3 Å². The highest BCUT2D eigenvalue weighted by molar-refractivity contribution is 7.13. The molecule has 0 aliphatic carbocycles. The highest BCUT2D eigenvalue weighted by Gasteiger charge is 2.08. The van der Waals surface area contributed by atoms with Crippen molar-refractivity contribution in [3.63, 3.8) is 0 Å². The molecule has 2 heterocycles. The minimum Gasteiger partial charge on any atom is -0.326 e. The van der Waals surface area contributed by atoms with Gasteiger partial charge in [-0.1, -0.05) is 24.3 Å². The summed E-state index contributed by atoms with van der Waals surface area (Å²) in [5.74, 6) is 0. The maximum atomic E-state index is 5.60. The molecule has 0 bridgehead atoms. The van der Waals surface area contributed by atoms with Gasteiger partial charge >= 0.3 is 0 Å². The van der Waals surface area contributed by atoms with Crippen LogP contribution in [0.25, 0.3) is 21.8 Å². The molecule has 1 aromatic carbocycles. The predicted molar refractivity (Wildman–Crippen MR) is 77.6 cm³/mol. The largest absolute Gasteiger partial charge is 0.326 e. The van der Waals surface area contributed by atoms with E-state index in [4.69, 9.17) is 5.73 Å². The Bertz CT molecular complexity index is 682. The van der Waals surface area contributed by atoms with Crippen LogP contribution in [0.2, 0.25) is 0 Å². The first-order valence-corrected chi connectivity index (χ1v) is 6.88. The van der Waals surface area contributed by atoms with Gasteiger partial charge in [-0.05, 0) is 5.56 Å². The van der Waals surface area contributed by atoms with Crippen LogP contribution in [0.5, 0.6) is 0 Å². The van der Waals surface area contributed by atoms with Crippen molar-refractivity contribution in [2.24, 2.45) is 12.8 Å². The molecule has 3 aromatic rings. The Labute approximate surface area is 115 Å². The van der Waals surface area contributed by atoms with Gasteiger partial charge in [-0.2, -0.15) is 5.10 Å². The molecule has 0 spiro atoms. The molecule has 19 heavy (non-hydrogen) atoms. The lowest BCUT2D eigenvalue weighted by atomic mass is 10.1. The van der Waals surface area contributed by atoms with Crippen LogP contribution in [0, 0.1) is 0 Å². The van der Waals surface area contributed by atoms with Crippen LogP contribution in [0.3, 0.4) is 0 Å². The fourth-order valence-electron chi connectivity index (χ4n) is 1.88. The van der Waals surface area contributed by atoms with E-state index < -0.39 is 0 Å². The number of aryl methyl sites for hydroxylation is 1. The molecule has 5 heteroatoms. The smallest absolute Gasteiger partial charge is 0.127 e. The average Bonchev–Trinajstić information content (AvgIpc) is 3.07. The van der Waals surface area contributed by atoms with Crippen LogP contribution in [0.4, 0.5) is 0 Å². The van der Waals surface area contributed by atoms with Gasteiger partial charge in [0.05, 0.1) is 11.9 Å². The molecule has 3 rings (SSSR count). The summed E-state index contributed by atoms with van der Waals surface area (Å²) in [7, 11) is 1.91. The third kappa shape index (κ3) is 2.43. The highest BCUT2D eigenvalue weighted by Crippen LogP contribution is 2.28. The van der Waals surface area contributed by atoms with Crippen molar-refractivity contribution in [3.05, 3.63) is 47.6 Å². The number of hydrogen-bond donors (Lipinski definition) is 1. The van der Waals surface area contributed by atoms with E-state index in [-0.39, 0.29) is 0 Å². The molecule has 4 nitrogen and oxygen atoms in total. The fourth-order valence-corrected chi connectivity index (χ4v) is 2.69. The zero-order valence-electron chi connectivity index (χ0n) is 10.6. The normalized spacial score (nSPS) is 10.8. The Morgan fingerprint density at radius 3 is 2.63 bits per heavy atom. The van der Waals surface area contributed by atoms with Crippen molar-refractivity contribution in [1.82, 2.24) is 14.8 Å². The van der Waals surface area contributed by atoms with Crippen molar-refractivity contribution in [2.45, 2.75) is 6.54 Å². The van der Waals surface area contributed by atoms with E-state index in [9.17, 15) is 0 Å². The van der Waals surface area contributed by atoms with Crippen molar-refractivity contribution in [3.8, 4) is 21.8 Å². The second-order valence-electron chi connectivity index (χ2n) is 4.34. The summed E-state index contributed by atoms with van der Waals surface area (Å²) < 4.78 is 1.78. The van der Waals surface area contributed by atoms with E-state index >= 15 is 0 Å². The van der Waals surface area contributed by atoms with E-state index in [1.54, 1.807) is 16.0 Å².